The number of halogens is 1. The van der Waals surface area contributed by atoms with Gasteiger partial charge in [0.2, 0.25) is 5.91 Å². The van der Waals surface area contributed by atoms with Crippen LogP contribution in [0.2, 0.25) is 5.02 Å². The maximum Gasteiger partial charge on any atom is 0.321 e. The number of urea groups is 1. The third-order valence-electron chi connectivity index (χ3n) is 1.94. The molecule has 17 heavy (non-hydrogen) atoms. The second-order valence-electron chi connectivity index (χ2n) is 3.29. The van der Waals surface area contributed by atoms with Gasteiger partial charge in [-0.25, -0.2) is 4.79 Å². The minimum atomic E-state index is -0.506. The topological polar surface area (TPSA) is 58.2 Å². The molecular formula is C11H13ClN2O2S. The highest BCUT2D eigenvalue weighted by atomic mass is 35.5. The normalized spacial score (nSPS) is 11.7. The third kappa shape index (κ3) is 4.66. The zero-order chi connectivity index (χ0) is 12.8. The van der Waals surface area contributed by atoms with Crippen molar-refractivity contribution in [2.24, 2.45) is 0 Å². The molecule has 2 N–H and O–H groups in total. The fourth-order valence-electron chi connectivity index (χ4n) is 1.07. The number of amides is 3. The molecule has 0 aromatic heterocycles. The van der Waals surface area contributed by atoms with Crippen molar-refractivity contribution in [3.63, 3.8) is 0 Å². The highest BCUT2D eigenvalue weighted by Gasteiger charge is 2.16. The van der Waals surface area contributed by atoms with E-state index in [1.54, 1.807) is 19.1 Å². The van der Waals surface area contributed by atoms with Crippen molar-refractivity contribution in [3.05, 3.63) is 29.3 Å². The van der Waals surface area contributed by atoms with Crippen LogP contribution in [-0.2, 0) is 4.79 Å². The van der Waals surface area contributed by atoms with Gasteiger partial charge in [-0.05, 0) is 25.1 Å². The average molecular weight is 273 g/mol. The van der Waals surface area contributed by atoms with Crippen LogP contribution in [0.1, 0.15) is 6.92 Å². The smallest absolute Gasteiger partial charge is 0.321 e. The van der Waals surface area contributed by atoms with Crippen LogP contribution in [0, 0.1) is 0 Å². The first-order valence-electron chi connectivity index (χ1n) is 4.97. The predicted octanol–water partition coefficient (Wildman–Crippen LogP) is 2.28. The largest absolute Gasteiger partial charge is 0.341 e. The zero-order valence-corrected chi connectivity index (χ0v) is 11.1. The van der Waals surface area contributed by atoms with E-state index in [9.17, 15) is 9.59 Å². The van der Waals surface area contributed by atoms with E-state index in [0.29, 0.717) is 5.02 Å². The lowest BCUT2D eigenvalue weighted by Gasteiger charge is -2.10. The van der Waals surface area contributed by atoms with Crippen LogP contribution >= 0.6 is 23.4 Å². The van der Waals surface area contributed by atoms with Gasteiger partial charge in [-0.15, -0.1) is 11.8 Å². The number of hydrogen-bond donors (Lipinski definition) is 2. The first kappa shape index (κ1) is 13.9. The molecular weight excluding hydrogens is 260 g/mol. The highest BCUT2D eigenvalue weighted by Crippen LogP contribution is 2.25. The Balaban J connectivity index is 2.57. The molecule has 92 valence electrons. The van der Waals surface area contributed by atoms with Crippen LogP contribution in [0.25, 0.3) is 0 Å². The van der Waals surface area contributed by atoms with Crippen LogP contribution in [0.3, 0.4) is 0 Å². The Morgan fingerprint density at radius 1 is 1.41 bits per heavy atom. The Kier molecular flexibility index (Phi) is 5.31. The monoisotopic (exact) mass is 272 g/mol. The fourth-order valence-corrected chi connectivity index (χ4v) is 2.26. The molecule has 3 amide bonds. The van der Waals surface area contributed by atoms with E-state index < -0.39 is 6.03 Å². The van der Waals surface area contributed by atoms with Gasteiger partial charge in [0.1, 0.15) is 0 Å². The summed E-state index contributed by atoms with van der Waals surface area (Å²) in [6, 6.07) is 6.71. The Bertz CT molecular complexity index is 426. The maximum atomic E-state index is 11.6. The molecule has 1 aromatic carbocycles. The second-order valence-corrected chi connectivity index (χ2v) is 5.14. The van der Waals surface area contributed by atoms with E-state index >= 15 is 0 Å². The van der Waals surface area contributed by atoms with Gasteiger partial charge in [0, 0.05) is 17.0 Å². The average Bonchev–Trinajstić information content (AvgIpc) is 2.28. The summed E-state index contributed by atoms with van der Waals surface area (Å²) < 4.78 is 0. The summed E-state index contributed by atoms with van der Waals surface area (Å²) in [5.74, 6) is -0.339. The molecule has 0 saturated heterocycles. The summed E-state index contributed by atoms with van der Waals surface area (Å²) in [6.45, 7) is 1.73. The van der Waals surface area contributed by atoms with Crippen molar-refractivity contribution in [1.82, 2.24) is 10.6 Å². The van der Waals surface area contributed by atoms with Crippen molar-refractivity contribution < 1.29 is 9.59 Å². The van der Waals surface area contributed by atoms with Gasteiger partial charge in [0.15, 0.2) is 0 Å². The Labute approximate surface area is 109 Å². The first-order chi connectivity index (χ1) is 8.02. The molecule has 4 nitrogen and oxygen atoms in total. The second kappa shape index (κ2) is 6.51. The van der Waals surface area contributed by atoms with Gasteiger partial charge in [0.25, 0.3) is 0 Å². The molecule has 1 rings (SSSR count). The lowest BCUT2D eigenvalue weighted by atomic mass is 10.4. The summed E-state index contributed by atoms with van der Waals surface area (Å²) >= 11 is 7.18. The van der Waals surface area contributed by atoms with Crippen LogP contribution in [-0.4, -0.2) is 24.2 Å². The lowest BCUT2D eigenvalue weighted by Crippen LogP contribution is -2.41. The van der Waals surface area contributed by atoms with Gasteiger partial charge >= 0.3 is 6.03 Å². The minimum absolute atomic E-state index is 0.339. The summed E-state index contributed by atoms with van der Waals surface area (Å²) in [5, 5.41) is 4.79. The van der Waals surface area contributed by atoms with E-state index in [1.807, 2.05) is 12.1 Å². The van der Waals surface area contributed by atoms with E-state index in [0.717, 1.165) is 4.90 Å². The van der Waals surface area contributed by atoms with E-state index in [4.69, 9.17) is 11.6 Å². The predicted molar refractivity (Wildman–Crippen MR) is 69.4 cm³/mol. The van der Waals surface area contributed by atoms with Crippen molar-refractivity contribution in [2.45, 2.75) is 17.1 Å². The molecule has 0 saturated carbocycles. The SMILES string of the molecule is CNC(=O)NC(=O)C(C)Sc1cccc(Cl)c1. The molecule has 0 fully saturated rings. The summed E-state index contributed by atoms with van der Waals surface area (Å²) in [4.78, 5) is 23.4. The van der Waals surface area contributed by atoms with Crippen LogP contribution in [0.5, 0.6) is 0 Å². The van der Waals surface area contributed by atoms with Crippen LogP contribution in [0.15, 0.2) is 29.2 Å². The molecule has 0 aliphatic heterocycles. The molecule has 0 spiro atoms. The lowest BCUT2D eigenvalue weighted by molar-refractivity contribution is -0.119. The molecule has 0 bridgehead atoms. The van der Waals surface area contributed by atoms with Gasteiger partial charge < -0.3 is 5.32 Å². The Morgan fingerprint density at radius 2 is 2.12 bits per heavy atom. The van der Waals surface area contributed by atoms with Crippen molar-refractivity contribution >= 4 is 35.3 Å². The molecule has 1 atom stereocenters. The number of benzene rings is 1. The van der Waals surface area contributed by atoms with E-state index in [2.05, 4.69) is 10.6 Å². The van der Waals surface area contributed by atoms with Crippen molar-refractivity contribution in [2.75, 3.05) is 7.05 Å². The molecule has 0 radical (unpaired) electrons. The van der Waals surface area contributed by atoms with E-state index in [-0.39, 0.29) is 11.2 Å². The molecule has 0 aliphatic carbocycles. The quantitative estimate of drug-likeness (QED) is 0.830. The Hall–Kier alpha value is -1.20. The number of nitrogens with one attached hydrogen (secondary N) is 2. The van der Waals surface area contributed by atoms with Crippen LogP contribution < -0.4 is 10.6 Å². The minimum Gasteiger partial charge on any atom is -0.341 e. The van der Waals surface area contributed by atoms with Crippen molar-refractivity contribution in [1.29, 1.82) is 0 Å². The number of hydrogen-bond acceptors (Lipinski definition) is 3. The summed E-state index contributed by atoms with van der Waals surface area (Å²) in [6.07, 6.45) is 0. The molecule has 6 heteroatoms. The summed E-state index contributed by atoms with van der Waals surface area (Å²) in [7, 11) is 1.46. The third-order valence-corrected chi connectivity index (χ3v) is 3.27. The van der Waals surface area contributed by atoms with Gasteiger partial charge in [-0.3, -0.25) is 10.1 Å². The van der Waals surface area contributed by atoms with Crippen molar-refractivity contribution in [3.8, 4) is 0 Å². The molecule has 1 unspecified atom stereocenters. The van der Waals surface area contributed by atoms with Crippen LogP contribution in [0.4, 0.5) is 4.79 Å². The zero-order valence-electron chi connectivity index (χ0n) is 9.49. The number of rotatable bonds is 3. The number of carbonyl (C=O) groups excluding carboxylic acids is 2. The fraction of sp³-hybridized carbons (Fsp3) is 0.273. The first-order valence-corrected chi connectivity index (χ1v) is 6.23. The molecule has 1 aromatic rings. The maximum absolute atomic E-state index is 11.6. The summed E-state index contributed by atoms with van der Waals surface area (Å²) in [5.41, 5.74) is 0. The standard InChI is InChI=1S/C11H13ClN2O2S/c1-7(10(15)14-11(16)13-2)17-9-5-3-4-8(12)6-9/h3-7H,1-2H3,(H2,13,14,15,16). The number of carbonyl (C=O) groups is 2. The van der Waals surface area contributed by atoms with E-state index in [1.165, 1.54) is 18.8 Å². The highest BCUT2D eigenvalue weighted by molar-refractivity contribution is 8.00. The van der Waals surface area contributed by atoms with Gasteiger partial charge in [0.05, 0.1) is 5.25 Å². The molecule has 0 aliphatic rings. The van der Waals surface area contributed by atoms with Gasteiger partial charge in [-0.1, -0.05) is 17.7 Å². The Morgan fingerprint density at radius 3 is 2.71 bits per heavy atom. The number of imide groups is 1. The number of thioether (sulfide) groups is 1. The van der Waals surface area contributed by atoms with Gasteiger partial charge in [-0.2, -0.15) is 0 Å². The molecule has 0 heterocycles.